The van der Waals surface area contributed by atoms with Crippen molar-refractivity contribution in [2.75, 3.05) is 6.61 Å². The Morgan fingerprint density at radius 1 is 0.967 bits per heavy atom. The Morgan fingerprint density at radius 3 is 2.30 bits per heavy atom. The Kier molecular flexibility index (Phi) is 7.55. The maximum Gasteiger partial charge on any atom is 0.261 e. The summed E-state index contributed by atoms with van der Waals surface area (Å²) in [5.74, 6) is 0.119. The second-order valence-corrected chi connectivity index (χ2v) is 6.86. The third kappa shape index (κ3) is 6.17. The summed E-state index contributed by atoms with van der Waals surface area (Å²) in [6, 6.07) is 21.8. The lowest BCUT2D eigenvalue weighted by molar-refractivity contribution is -0.142. The van der Waals surface area contributed by atoms with Crippen LogP contribution in [0, 0.1) is 0 Å². The van der Waals surface area contributed by atoms with E-state index in [0.717, 1.165) is 11.1 Å². The lowest BCUT2D eigenvalue weighted by Gasteiger charge is -2.28. The first-order valence-electron chi connectivity index (χ1n) is 9.81. The maximum atomic E-state index is 13.0. The molecular weight excluding hydrogens is 378 g/mol. The average Bonchev–Trinajstić information content (AvgIpc) is 2.81. The Labute approximate surface area is 176 Å². The molecule has 2 amide bonds. The largest absolute Gasteiger partial charge is 0.484 e. The van der Waals surface area contributed by atoms with Crippen LogP contribution >= 0.6 is 0 Å². The fourth-order valence-electron chi connectivity index (χ4n) is 2.95. The van der Waals surface area contributed by atoms with Gasteiger partial charge in [0.05, 0.1) is 0 Å². The number of pyridine rings is 1. The third-order valence-corrected chi connectivity index (χ3v) is 4.66. The summed E-state index contributed by atoms with van der Waals surface area (Å²) in [5, 5.41) is 2.88. The van der Waals surface area contributed by atoms with Crippen LogP contribution in [0.15, 0.2) is 85.2 Å². The van der Waals surface area contributed by atoms with Crippen LogP contribution in [0.25, 0.3) is 0 Å². The molecule has 6 heteroatoms. The van der Waals surface area contributed by atoms with E-state index in [4.69, 9.17) is 4.74 Å². The lowest BCUT2D eigenvalue weighted by atomic mass is 10.1. The molecule has 0 aliphatic heterocycles. The van der Waals surface area contributed by atoms with E-state index in [1.165, 1.54) is 4.90 Å². The fraction of sp³-hybridized carbons (Fsp3) is 0.208. The standard InChI is InChI=1S/C24H25N3O3/c1-19(24(29)26-16-21-11-8-14-25-15-21)27(17-20-9-4-2-5-10-20)23(28)18-30-22-12-6-3-7-13-22/h2-15,19H,16-18H2,1H3,(H,26,29)/t19-/m1/s1. The zero-order valence-electron chi connectivity index (χ0n) is 16.9. The third-order valence-electron chi connectivity index (χ3n) is 4.66. The van der Waals surface area contributed by atoms with Crippen molar-refractivity contribution in [1.29, 1.82) is 0 Å². The molecule has 0 saturated carbocycles. The SMILES string of the molecule is C[C@H](C(=O)NCc1cccnc1)N(Cc1ccccc1)C(=O)COc1ccccc1. The summed E-state index contributed by atoms with van der Waals surface area (Å²) < 4.78 is 5.61. The molecular formula is C24H25N3O3. The Morgan fingerprint density at radius 2 is 1.63 bits per heavy atom. The van der Waals surface area contributed by atoms with Gasteiger partial charge in [-0.3, -0.25) is 14.6 Å². The molecule has 1 aromatic heterocycles. The van der Waals surface area contributed by atoms with E-state index in [2.05, 4.69) is 10.3 Å². The zero-order valence-corrected chi connectivity index (χ0v) is 16.9. The van der Waals surface area contributed by atoms with Crippen LogP contribution in [0.3, 0.4) is 0 Å². The van der Waals surface area contributed by atoms with Gasteiger partial charge >= 0.3 is 0 Å². The molecule has 1 heterocycles. The number of carbonyl (C=O) groups is 2. The number of aromatic nitrogens is 1. The van der Waals surface area contributed by atoms with Gasteiger partial charge in [-0.2, -0.15) is 0 Å². The maximum absolute atomic E-state index is 13.0. The van der Waals surface area contributed by atoms with Gasteiger partial charge in [0, 0.05) is 25.5 Å². The van der Waals surface area contributed by atoms with Gasteiger partial charge in [0.25, 0.3) is 5.91 Å². The monoisotopic (exact) mass is 403 g/mol. The smallest absolute Gasteiger partial charge is 0.261 e. The minimum Gasteiger partial charge on any atom is -0.484 e. The summed E-state index contributed by atoms with van der Waals surface area (Å²) in [6.45, 7) is 2.25. The van der Waals surface area contributed by atoms with Gasteiger partial charge in [-0.05, 0) is 36.2 Å². The minimum absolute atomic E-state index is 0.142. The van der Waals surface area contributed by atoms with Crippen molar-refractivity contribution in [1.82, 2.24) is 15.2 Å². The molecule has 0 radical (unpaired) electrons. The first-order valence-corrected chi connectivity index (χ1v) is 9.81. The number of carbonyl (C=O) groups excluding carboxylic acids is 2. The first-order chi connectivity index (χ1) is 14.6. The van der Waals surface area contributed by atoms with E-state index < -0.39 is 6.04 Å². The van der Waals surface area contributed by atoms with Crippen LogP contribution < -0.4 is 10.1 Å². The van der Waals surface area contributed by atoms with Gasteiger partial charge in [-0.1, -0.05) is 54.6 Å². The van der Waals surface area contributed by atoms with Gasteiger partial charge in [0.15, 0.2) is 6.61 Å². The molecule has 3 aromatic rings. The fourth-order valence-corrected chi connectivity index (χ4v) is 2.95. The highest BCUT2D eigenvalue weighted by Gasteiger charge is 2.26. The van der Waals surface area contributed by atoms with Crippen LogP contribution in [0.2, 0.25) is 0 Å². The number of para-hydroxylation sites is 1. The van der Waals surface area contributed by atoms with Crippen LogP contribution in [0.5, 0.6) is 5.75 Å². The number of amides is 2. The van der Waals surface area contributed by atoms with E-state index in [1.807, 2.05) is 60.7 Å². The number of hydrogen-bond acceptors (Lipinski definition) is 4. The summed E-state index contributed by atoms with van der Waals surface area (Å²) in [6.07, 6.45) is 3.38. The van der Waals surface area contributed by atoms with Gasteiger partial charge in [0.2, 0.25) is 5.91 Å². The number of hydrogen-bond donors (Lipinski definition) is 1. The normalized spacial score (nSPS) is 11.4. The van der Waals surface area contributed by atoms with E-state index in [0.29, 0.717) is 18.8 Å². The van der Waals surface area contributed by atoms with Gasteiger partial charge in [-0.15, -0.1) is 0 Å². The molecule has 2 aromatic carbocycles. The average molecular weight is 403 g/mol. The summed E-state index contributed by atoms with van der Waals surface area (Å²) in [4.78, 5) is 31.3. The van der Waals surface area contributed by atoms with E-state index >= 15 is 0 Å². The van der Waals surface area contributed by atoms with E-state index in [1.54, 1.807) is 31.5 Å². The highest BCUT2D eigenvalue weighted by Crippen LogP contribution is 2.12. The molecule has 0 aliphatic rings. The number of nitrogens with one attached hydrogen (secondary N) is 1. The molecule has 0 aliphatic carbocycles. The topological polar surface area (TPSA) is 71.5 Å². The minimum atomic E-state index is -0.659. The number of rotatable bonds is 9. The second kappa shape index (κ2) is 10.8. The first kappa shape index (κ1) is 21.0. The molecule has 1 atom stereocenters. The molecule has 3 rings (SSSR count). The highest BCUT2D eigenvalue weighted by molar-refractivity contribution is 5.87. The summed E-state index contributed by atoms with van der Waals surface area (Å²) in [5.41, 5.74) is 1.84. The second-order valence-electron chi connectivity index (χ2n) is 6.86. The predicted molar refractivity (Wildman–Crippen MR) is 114 cm³/mol. The molecule has 0 spiro atoms. The summed E-state index contributed by atoms with van der Waals surface area (Å²) >= 11 is 0. The van der Waals surface area contributed by atoms with Crippen molar-refractivity contribution in [2.45, 2.75) is 26.1 Å². The quantitative estimate of drug-likeness (QED) is 0.596. The molecule has 0 bridgehead atoms. The van der Waals surface area contributed by atoms with E-state index in [9.17, 15) is 9.59 Å². The predicted octanol–water partition coefficient (Wildman–Crippen LogP) is 3.19. The summed E-state index contributed by atoms with van der Waals surface area (Å²) in [7, 11) is 0. The molecule has 0 fully saturated rings. The highest BCUT2D eigenvalue weighted by atomic mass is 16.5. The van der Waals surface area contributed by atoms with Crippen molar-refractivity contribution in [3.63, 3.8) is 0 Å². The number of ether oxygens (including phenoxy) is 1. The molecule has 154 valence electrons. The van der Waals surface area contributed by atoms with Crippen molar-refractivity contribution in [3.8, 4) is 5.75 Å². The zero-order chi connectivity index (χ0) is 21.2. The van der Waals surface area contributed by atoms with Crippen LogP contribution in [-0.4, -0.2) is 34.3 Å². The van der Waals surface area contributed by atoms with Crippen LogP contribution in [0.4, 0.5) is 0 Å². The van der Waals surface area contributed by atoms with Gasteiger partial charge in [0.1, 0.15) is 11.8 Å². The van der Waals surface area contributed by atoms with Crippen molar-refractivity contribution in [3.05, 3.63) is 96.3 Å². The van der Waals surface area contributed by atoms with E-state index in [-0.39, 0.29) is 18.4 Å². The molecule has 1 N–H and O–H groups in total. The van der Waals surface area contributed by atoms with Crippen molar-refractivity contribution in [2.24, 2.45) is 0 Å². The lowest BCUT2D eigenvalue weighted by Crippen LogP contribution is -2.48. The van der Waals surface area contributed by atoms with Gasteiger partial charge < -0.3 is 15.0 Å². The van der Waals surface area contributed by atoms with Crippen LogP contribution in [0.1, 0.15) is 18.1 Å². The number of nitrogens with zero attached hydrogens (tertiary/aromatic N) is 2. The van der Waals surface area contributed by atoms with Crippen molar-refractivity contribution >= 4 is 11.8 Å². The number of benzene rings is 2. The van der Waals surface area contributed by atoms with Gasteiger partial charge in [-0.25, -0.2) is 0 Å². The molecule has 30 heavy (non-hydrogen) atoms. The molecule has 0 saturated heterocycles. The van der Waals surface area contributed by atoms with Crippen LogP contribution in [-0.2, 0) is 22.7 Å². The Balaban J connectivity index is 1.67. The molecule has 6 nitrogen and oxygen atoms in total. The van der Waals surface area contributed by atoms with Crippen molar-refractivity contribution < 1.29 is 14.3 Å². The molecule has 0 unspecified atom stereocenters. The Bertz CT molecular complexity index is 934. The Hall–Kier alpha value is -3.67.